The van der Waals surface area contributed by atoms with E-state index in [1.807, 2.05) is 61.0 Å². The minimum atomic E-state index is 0.277. The van der Waals surface area contributed by atoms with Crippen molar-refractivity contribution < 1.29 is 9.84 Å². The number of aromatic hydroxyl groups is 1. The van der Waals surface area contributed by atoms with Crippen molar-refractivity contribution in [3.63, 3.8) is 0 Å². The average molecular weight is 449 g/mol. The van der Waals surface area contributed by atoms with Crippen LogP contribution in [0, 0.1) is 6.92 Å². The molecule has 0 unspecified atom stereocenters. The second kappa shape index (κ2) is 9.75. The van der Waals surface area contributed by atoms with E-state index in [-0.39, 0.29) is 5.75 Å². The van der Waals surface area contributed by atoms with Crippen molar-refractivity contribution in [1.82, 2.24) is 9.47 Å². The van der Waals surface area contributed by atoms with Gasteiger partial charge in [-0.05, 0) is 78.2 Å². The lowest BCUT2D eigenvalue weighted by Crippen LogP contribution is -2.17. The first-order chi connectivity index (χ1) is 16.7. The summed E-state index contributed by atoms with van der Waals surface area (Å²) in [6.45, 7) is 4.32. The van der Waals surface area contributed by atoms with Crippen LogP contribution in [0.25, 0.3) is 22.2 Å². The molecule has 1 aliphatic heterocycles. The molecule has 0 spiro atoms. The van der Waals surface area contributed by atoms with E-state index < -0.39 is 0 Å². The van der Waals surface area contributed by atoms with E-state index in [4.69, 9.17) is 4.74 Å². The quantitative estimate of drug-likeness (QED) is 0.344. The summed E-state index contributed by atoms with van der Waals surface area (Å²) < 4.78 is 8.33. The van der Waals surface area contributed by atoms with Crippen molar-refractivity contribution in [2.75, 3.05) is 13.2 Å². The number of hydrogen-bond donors (Lipinski definition) is 1. The van der Waals surface area contributed by atoms with Crippen molar-refractivity contribution in [2.24, 2.45) is 0 Å². The van der Waals surface area contributed by atoms with E-state index >= 15 is 0 Å². The molecule has 34 heavy (non-hydrogen) atoms. The Morgan fingerprint density at radius 1 is 0.794 bits per heavy atom. The van der Waals surface area contributed by atoms with Gasteiger partial charge in [-0.25, -0.2) is 0 Å². The van der Waals surface area contributed by atoms with Crippen LogP contribution in [0.4, 0.5) is 0 Å². The predicted molar refractivity (Wildman–Crippen MR) is 139 cm³/mol. The van der Waals surface area contributed by atoms with Crippen LogP contribution in [0.5, 0.6) is 11.5 Å². The van der Waals surface area contributed by atoms with Gasteiger partial charge >= 0.3 is 0 Å². The molecular weight excluding hydrogens is 420 g/mol. The number of hydrogen-bond acceptors (Lipinski definition) is 3. The predicted octanol–water partition coefficient (Wildman–Crippen LogP) is 6.65. The van der Waals surface area contributed by atoms with Crippen LogP contribution in [0.2, 0.25) is 0 Å². The first-order valence-electron chi connectivity index (χ1n) is 11.6. The molecule has 0 radical (unpaired) electrons. The number of phenols is 1. The number of aryl methyl sites for hydroxylation is 1. The normalized spacial score (nSPS) is 12.9. The molecular formula is C30H28N2O2. The van der Waals surface area contributed by atoms with E-state index in [1.54, 1.807) is 12.1 Å². The molecule has 170 valence electrons. The maximum atomic E-state index is 9.76. The van der Waals surface area contributed by atoms with Crippen LogP contribution in [-0.2, 0) is 6.54 Å². The van der Waals surface area contributed by atoms with Gasteiger partial charge in [0.2, 0.25) is 0 Å². The lowest BCUT2D eigenvalue weighted by atomic mass is 10.1. The number of allylic oxidation sites excluding steroid dienone is 4. The SMILES string of the molecule is Cc1c(-c2ccc(O)cc2)n(Cc2ccc(OCCN3C=CC=CC=C3)cc2)c2ccccc12. The fraction of sp³-hybridized carbons (Fsp3) is 0.133. The van der Waals surface area contributed by atoms with Gasteiger partial charge in [0.15, 0.2) is 0 Å². The van der Waals surface area contributed by atoms with Crippen LogP contribution in [0.3, 0.4) is 0 Å². The molecule has 1 N–H and O–H groups in total. The lowest BCUT2D eigenvalue weighted by Gasteiger charge is -2.16. The van der Waals surface area contributed by atoms with Gasteiger partial charge in [0.25, 0.3) is 0 Å². The molecule has 4 nitrogen and oxygen atoms in total. The topological polar surface area (TPSA) is 37.6 Å². The van der Waals surface area contributed by atoms with Crippen LogP contribution in [-0.4, -0.2) is 27.7 Å². The number of ether oxygens (including phenoxy) is 1. The third-order valence-electron chi connectivity index (χ3n) is 6.14. The Labute approximate surface area is 200 Å². The smallest absolute Gasteiger partial charge is 0.119 e. The maximum Gasteiger partial charge on any atom is 0.119 e. The Hall–Kier alpha value is -4.18. The highest BCUT2D eigenvalue weighted by Crippen LogP contribution is 2.34. The summed E-state index contributed by atoms with van der Waals surface area (Å²) in [6.07, 6.45) is 12.2. The number of para-hydroxylation sites is 1. The fourth-order valence-corrected chi connectivity index (χ4v) is 4.42. The average Bonchev–Trinajstić information content (AvgIpc) is 3.00. The van der Waals surface area contributed by atoms with Gasteiger partial charge < -0.3 is 19.3 Å². The molecule has 4 heteroatoms. The largest absolute Gasteiger partial charge is 0.508 e. The molecule has 0 amide bonds. The molecule has 3 aromatic carbocycles. The van der Waals surface area contributed by atoms with Gasteiger partial charge in [-0.2, -0.15) is 0 Å². The summed E-state index contributed by atoms with van der Waals surface area (Å²) in [7, 11) is 0. The molecule has 0 saturated carbocycles. The van der Waals surface area contributed by atoms with Crippen LogP contribution >= 0.6 is 0 Å². The molecule has 0 fully saturated rings. The summed E-state index contributed by atoms with van der Waals surface area (Å²) in [5.74, 6) is 1.15. The highest BCUT2D eigenvalue weighted by Gasteiger charge is 2.16. The van der Waals surface area contributed by atoms with Gasteiger partial charge in [0.05, 0.1) is 12.2 Å². The second-order valence-electron chi connectivity index (χ2n) is 8.42. The van der Waals surface area contributed by atoms with Gasteiger partial charge in [-0.3, -0.25) is 0 Å². The van der Waals surface area contributed by atoms with Crippen molar-refractivity contribution in [1.29, 1.82) is 0 Å². The Bertz CT molecular complexity index is 1340. The molecule has 5 rings (SSSR count). The van der Waals surface area contributed by atoms with Gasteiger partial charge in [-0.1, -0.05) is 42.5 Å². The summed E-state index contributed by atoms with van der Waals surface area (Å²) in [5.41, 5.74) is 5.93. The lowest BCUT2D eigenvalue weighted by molar-refractivity contribution is 0.284. The Kier molecular flexibility index (Phi) is 6.21. The third kappa shape index (κ3) is 4.62. The van der Waals surface area contributed by atoms with E-state index in [1.165, 1.54) is 27.7 Å². The third-order valence-corrected chi connectivity index (χ3v) is 6.14. The fourth-order valence-electron chi connectivity index (χ4n) is 4.42. The van der Waals surface area contributed by atoms with Crippen molar-refractivity contribution in [3.05, 3.63) is 121 Å². The Morgan fingerprint density at radius 2 is 1.50 bits per heavy atom. The number of benzene rings is 3. The first-order valence-corrected chi connectivity index (χ1v) is 11.6. The van der Waals surface area contributed by atoms with Crippen molar-refractivity contribution >= 4 is 10.9 Å². The summed E-state index contributed by atoms with van der Waals surface area (Å²) in [5, 5.41) is 11.0. The van der Waals surface area contributed by atoms with Gasteiger partial charge in [-0.15, -0.1) is 0 Å². The van der Waals surface area contributed by atoms with E-state index in [2.05, 4.69) is 52.8 Å². The molecule has 0 bridgehead atoms. The highest BCUT2D eigenvalue weighted by molar-refractivity contribution is 5.91. The van der Waals surface area contributed by atoms with Gasteiger partial charge in [0.1, 0.15) is 18.1 Å². The van der Waals surface area contributed by atoms with Crippen LogP contribution < -0.4 is 4.74 Å². The van der Waals surface area contributed by atoms with Crippen molar-refractivity contribution in [3.8, 4) is 22.8 Å². The minimum absolute atomic E-state index is 0.277. The zero-order valence-corrected chi connectivity index (χ0v) is 19.3. The van der Waals surface area contributed by atoms with Crippen LogP contribution in [0.1, 0.15) is 11.1 Å². The second-order valence-corrected chi connectivity index (χ2v) is 8.42. The Morgan fingerprint density at radius 3 is 2.24 bits per heavy atom. The maximum absolute atomic E-state index is 9.76. The van der Waals surface area contributed by atoms with Gasteiger partial charge in [0, 0.05) is 29.8 Å². The first kappa shape index (κ1) is 21.7. The monoisotopic (exact) mass is 448 g/mol. The standard InChI is InChI=1S/C30H28N2O2/c1-23-28-8-4-5-9-29(28)32(30(23)25-12-14-26(33)15-13-25)22-24-10-16-27(17-11-24)34-21-20-31-18-6-2-3-7-19-31/h2-19,33H,20-22H2,1H3. The molecule has 2 heterocycles. The van der Waals surface area contributed by atoms with Crippen LogP contribution in [0.15, 0.2) is 110 Å². The molecule has 4 aromatic rings. The molecule has 0 atom stereocenters. The number of fused-ring (bicyclic) bond motifs is 1. The molecule has 1 aliphatic rings. The van der Waals surface area contributed by atoms with E-state index in [9.17, 15) is 5.11 Å². The zero-order chi connectivity index (χ0) is 23.3. The zero-order valence-electron chi connectivity index (χ0n) is 19.3. The van der Waals surface area contributed by atoms with E-state index in [0.717, 1.165) is 24.4 Å². The summed E-state index contributed by atoms with van der Waals surface area (Å²) in [4.78, 5) is 2.11. The molecule has 0 aliphatic carbocycles. The summed E-state index contributed by atoms with van der Waals surface area (Å²) in [6, 6.07) is 24.3. The number of nitrogens with zero attached hydrogens (tertiary/aromatic N) is 2. The number of phenolic OH excluding ortho intramolecular Hbond substituents is 1. The molecule has 0 saturated heterocycles. The minimum Gasteiger partial charge on any atom is -0.508 e. The molecule has 1 aromatic heterocycles. The summed E-state index contributed by atoms with van der Waals surface area (Å²) >= 11 is 0. The van der Waals surface area contributed by atoms with Crippen molar-refractivity contribution in [2.45, 2.75) is 13.5 Å². The number of rotatable bonds is 7. The Balaban J connectivity index is 1.35. The van der Waals surface area contributed by atoms with E-state index in [0.29, 0.717) is 6.61 Å². The number of aromatic nitrogens is 1. The highest BCUT2D eigenvalue weighted by atomic mass is 16.5.